The van der Waals surface area contributed by atoms with Gasteiger partial charge in [-0.15, -0.1) is 0 Å². The van der Waals surface area contributed by atoms with Crippen molar-refractivity contribution in [2.75, 3.05) is 13.7 Å². The lowest BCUT2D eigenvalue weighted by Crippen LogP contribution is -2.49. The number of methoxy groups -OCH3 is 1. The third-order valence-corrected chi connectivity index (χ3v) is 4.90. The number of nitrogens with one attached hydrogen (secondary N) is 1. The van der Waals surface area contributed by atoms with Gasteiger partial charge in [0.25, 0.3) is 0 Å². The fourth-order valence-electron chi connectivity index (χ4n) is 3.68. The summed E-state index contributed by atoms with van der Waals surface area (Å²) in [4.78, 5) is 24.3. The number of amides is 2. The molecular weight excluding hydrogens is 348 g/mol. The molecule has 3 unspecified atom stereocenters. The van der Waals surface area contributed by atoms with E-state index in [0.29, 0.717) is 5.75 Å². The Bertz CT molecular complexity index is 668. The van der Waals surface area contributed by atoms with Gasteiger partial charge in [0, 0.05) is 14.0 Å². The van der Waals surface area contributed by atoms with Gasteiger partial charge in [-0.05, 0) is 30.0 Å². The fraction of sp³-hybridized carbons (Fsp3) is 0.600. The molecule has 1 heterocycles. The molecule has 0 aliphatic carbocycles. The average Bonchev–Trinajstić information content (AvgIpc) is 2.93. The van der Waals surface area contributed by atoms with E-state index in [0.717, 1.165) is 5.56 Å². The lowest BCUT2D eigenvalue weighted by molar-refractivity contribution is -0.119. The Labute approximate surface area is 160 Å². The van der Waals surface area contributed by atoms with Crippen LogP contribution in [0.3, 0.4) is 0 Å². The Morgan fingerprint density at radius 3 is 2.30 bits per heavy atom. The lowest BCUT2D eigenvalue weighted by Gasteiger charge is -2.36. The molecule has 2 N–H and O–H groups in total. The lowest BCUT2D eigenvalue weighted by atomic mass is 9.83. The smallest absolute Gasteiger partial charge is 0.407 e. The SMILES string of the molecule is COC1CN(C(=O)O)C(C(C)(C)C)C1Oc1ccc([C@H](C)NC(C)=O)cc1. The van der Waals surface area contributed by atoms with Crippen LogP contribution in [0.4, 0.5) is 4.79 Å². The van der Waals surface area contributed by atoms with Crippen LogP contribution < -0.4 is 10.1 Å². The van der Waals surface area contributed by atoms with E-state index < -0.39 is 12.2 Å². The number of carbonyl (C=O) groups excluding carboxylic acids is 1. The Kier molecular flexibility index (Phi) is 6.36. The molecule has 0 radical (unpaired) electrons. The molecule has 2 rings (SSSR count). The summed E-state index contributed by atoms with van der Waals surface area (Å²) in [6, 6.07) is 7.03. The van der Waals surface area contributed by atoms with E-state index in [1.54, 1.807) is 7.11 Å². The second kappa shape index (κ2) is 8.17. The number of carbonyl (C=O) groups is 2. The highest BCUT2D eigenvalue weighted by atomic mass is 16.5. The fourth-order valence-corrected chi connectivity index (χ4v) is 3.68. The van der Waals surface area contributed by atoms with Gasteiger partial charge < -0.3 is 19.9 Å². The number of nitrogens with zero attached hydrogens (tertiary/aromatic N) is 1. The average molecular weight is 378 g/mol. The van der Waals surface area contributed by atoms with Crippen LogP contribution >= 0.6 is 0 Å². The topological polar surface area (TPSA) is 88.1 Å². The van der Waals surface area contributed by atoms with Gasteiger partial charge in [0.05, 0.1) is 18.6 Å². The number of ether oxygens (including phenoxy) is 2. The molecule has 0 spiro atoms. The number of carboxylic acid groups (broad SMARTS) is 1. The second-order valence-corrected chi connectivity index (χ2v) is 8.09. The molecule has 1 aliphatic heterocycles. The number of hydrogen-bond donors (Lipinski definition) is 2. The highest BCUT2D eigenvalue weighted by molar-refractivity contribution is 5.73. The first-order valence-electron chi connectivity index (χ1n) is 9.10. The Morgan fingerprint density at radius 1 is 1.26 bits per heavy atom. The van der Waals surface area contributed by atoms with Gasteiger partial charge in [0.15, 0.2) is 0 Å². The van der Waals surface area contributed by atoms with E-state index in [1.165, 1.54) is 11.8 Å². The van der Waals surface area contributed by atoms with Crippen molar-refractivity contribution in [2.45, 2.75) is 58.9 Å². The molecule has 150 valence electrons. The van der Waals surface area contributed by atoms with E-state index in [1.807, 2.05) is 52.0 Å². The van der Waals surface area contributed by atoms with Gasteiger partial charge in [-0.25, -0.2) is 4.79 Å². The molecule has 1 aromatic carbocycles. The van der Waals surface area contributed by atoms with Crippen molar-refractivity contribution < 1.29 is 24.2 Å². The molecule has 1 aromatic rings. The zero-order chi connectivity index (χ0) is 20.4. The van der Waals surface area contributed by atoms with Gasteiger partial charge in [0.1, 0.15) is 18.0 Å². The summed E-state index contributed by atoms with van der Waals surface area (Å²) in [5.74, 6) is 0.556. The molecule has 0 aromatic heterocycles. The molecule has 0 bridgehead atoms. The van der Waals surface area contributed by atoms with Crippen molar-refractivity contribution in [2.24, 2.45) is 5.41 Å². The van der Waals surface area contributed by atoms with Gasteiger partial charge >= 0.3 is 6.09 Å². The molecule has 27 heavy (non-hydrogen) atoms. The van der Waals surface area contributed by atoms with Crippen LogP contribution in [0.25, 0.3) is 0 Å². The first-order valence-corrected chi connectivity index (χ1v) is 9.10. The van der Waals surface area contributed by atoms with Crippen molar-refractivity contribution in [3.05, 3.63) is 29.8 Å². The van der Waals surface area contributed by atoms with Gasteiger partial charge in [-0.3, -0.25) is 9.69 Å². The highest BCUT2D eigenvalue weighted by Crippen LogP contribution is 2.36. The quantitative estimate of drug-likeness (QED) is 0.822. The summed E-state index contributed by atoms with van der Waals surface area (Å²) in [5.41, 5.74) is 0.655. The molecule has 0 saturated carbocycles. The summed E-state index contributed by atoms with van der Waals surface area (Å²) in [6.07, 6.45) is -1.73. The summed E-state index contributed by atoms with van der Waals surface area (Å²) >= 11 is 0. The number of benzene rings is 1. The largest absolute Gasteiger partial charge is 0.485 e. The minimum absolute atomic E-state index is 0.0847. The maximum Gasteiger partial charge on any atom is 0.407 e. The Hall–Kier alpha value is -2.28. The summed E-state index contributed by atoms with van der Waals surface area (Å²) in [7, 11) is 1.57. The molecule has 4 atom stereocenters. The zero-order valence-electron chi connectivity index (χ0n) is 16.9. The molecule has 7 nitrogen and oxygen atoms in total. The molecule has 7 heteroatoms. The monoisotopic (exact) mass is 378 g/mol. The number of rotatable bonds is 5. The van der Waals surface area contributed by atoms with Crippen LogP contribution in [0.2, 0.25) is 0 Å². The van der Waals surface area contributed by atoms with Gasteiger partial charge in [0.2, 0.25) is 5.91 Å². The summed E-state index contributed by atoms with van der Waals surface area (Å²) in [5, 5.41) is 12.4. The number of likely N-dealkylation sites (tertiary alicyclic amines) is 1. The second-order valence-electron chi connectivity index (χ2n) is 8.09. The predicted octanol–water partition coefficient (Wildman–Crippen LogP) is 3.05. The van der Waals surface area contributed by atoms with Crippen molar-refractivity contribution in [1.82, 2.24) is 10.2 Å². The minimum atomic E-state index is -0.970. The van der Waals surface area contributed by atoms with Crippen LogP contribution in [0.15, 0.2) is 24.3 Å². The van der Waals surface area contributed by atoms with Crippen molar-refractivity contribution >= 4 is 12.0 Å². The van der Waals surface area contributed by atoms with Gasteiger partial charge in [-0.1, -0.05) is 32.9 Å². The zero-order valence-corrected chi connectivity index (χ0v) is 16.9. The highest BCUT2D eigenvalue weighted by Gasteiger charge is 2.51. The molecular formula is C20H30N2O5. The van der Waals surface area contributed by atoms with Crippen molar-refractivity contribution in [3.63, 3.8) is 0 Å². The standard InChI is InChI=1S/C20H30N2O5/c1-12(21-13(2)23)14-7-9-15(10-8-14)27-17-16(26-6)11-22(19(24)25)18(17)20(3,4)5/h7-10,12,16-18H,11H2,1-6H3,(H,21,23)(H,24,25)/t12-,16?,17?,18?/m0/s1. The third-order valence-electron chi connectivity index (χ3n) is 4.90. The molecule has 1 saturated heterocycles. The first kappa shape index (κ1) is 21.0. The maximum atomic E-state index is 11.7. The summed E-state index contributed by atoms with van der Waals surface area (Å²) < 4.78 is 11.7. The third kappa shape index (κ3) is 4.91. The predicted molar refractivity (Wildman–Crippen MR) is 102 cm³/mol. The van der Waals surface area contributed by atoms with Crippen LogP contribution in [-0.2, 0) is 9.53 Å². The van der Waals surface area contributed by atoms with Crippen LogP contribution in [-0.4, -0.2) is 53.9 Å². The Balaban J connectivity index is 2.22. The van der Waals surface area contributed by atoms with Crippen molar-refractivity contribution in [1.29, 1.82) is 0 Å². The van der Waals surface area contributed by atoms with E-state index in [4.69, 9.17) is 9.47 Å². The number of hydrogen-bond acceptors (Lipinski definition) is 4. The first-order chi connectivity index (χ1) is 12.5. The molecule has 1 fully saturated rings. The van der Waals surface area contributed by atoms with E-state index >= 15 is 0 Å². The van der Waals surface area contributed by atoms with Crippen LogP contribution in [0.5, 0.6) is 5.75 Å². The van der Waals surface area contributed by atoms with Crippen molar-refractivity contribution in [3.8, 4) is 5.75 Å². The van der Waals surface area contributed by atoms with Crippen LogP contribution in [0, 0.1) is 5.41 Å². The Morgan fingerprint density at radius 2 is 1.85 bits per heavy atom. The van der Waals surface area contributed by atoms with E-state index in [-0.39, 0.29) is 36.1 Å². The van der Waals surface area contributed by atoms with E-state index in [2.05, 4.69) is 5.32 Å². The normalized spacial score (nSPS) is 23.8. The van der Waals surface area contributed by atoms with Gasteiger partial charge in [-0.2, -0.15) is 0 Å². The molecule has 2 amide bonds. The minimum Gasteiger partial charge on any atom is -0.485 e. The molecule has 1 aliphatic rings. The van der Waals surface area contributed by atoms with E-state index in [9.17, 15) is 14.7 Å². The maximum absolute atomic E-state index is 11.7. The summed E-state index contributed by atoms with van der Waals surface area (Å²) in [6.45, 7) is 9.67. The van der Waals surface area contributed by atoms with Crippen LogP contribution in [0.1, 0.15) is 46.2 Å².